The van der Waals surface area contributed by atoms with Gasteiger partial charge in [0.15, 0.2) is 6.61 Å². The van der Waals surface area contributed by atoms with Crippen molar-refractivity contribution in [3.05, 3.63) is 59.4 Å². The van der Waals surface area contributed by atoms with Crippen LogP contribution in [0.3, 0.4) is 0 Å². The van der Waals surface area contributed by atoms with E-state index in [4.69, 9.17) is 9.47 Å². The zero-order chi connectivity index (χ0) is 17.5. The molecule has 126 valence electrons. The van der Waals surface area contributed by atoms with Crippen LogP contribution in [0.4, 0.5) is 4.39 Å². The zero-order valence-electron chi connectivity index (χ0n) is 13.3. The van der Waals surface area contributed by atoms with Crippen LogP contribution >= 0.6 is 0 Å². The summed E-state index contributed by atoms with van der Waals surface area (Å²) in [7, 11) is 1.45. The maximum absolute atomic E-state index is 12.8. The van der Waals surface area contributed by atoms with Crippen molar-refractivity contribution < 1.29 is 23.5 Å². The maximum Gasteiger partial charge on any atom is 0.276 e. The van der Waals surface area contributed by atoms with Crippen LogP contribution in [-0.2, 0) is 4.79 Å². The third kappa shape index (κ3) is 4.70. The Bertz CT molecular complexity index is 732. The molecule has 0 bridgehead atoms. The van der Waals surface area contributed by atoms with Crippen LogP contribution in [0.2, 0.25) is 0 Å². The Morgan fingerprint density at radius 2 is 1.79 bits per heavy atom. The van der Waals surface area contributed by atoms with Crippen molar-refractivity contribution in [1.29, 1.82) is 0 Å². The Hall–Kier alpha value is -3.09. The minimum Gasteiger partial charge on any atom is -0.496 e. The molecular weight excluding hydrogens is 315 g/mol. The van der Waals surface area contributed by atoms with Gasteiger partial charge in [0, 0.05) is 0 Å². The van der Waals surface area contributed by atoms with Crippen LogP contribution in [0, 0.1) is 12.7 Å². The summed E-state index contributed by atoms with van der Waals surface area (Å²) in [5, 5.41) is 0. The normalized spacial score (nSPS) is 9.96. The molecule has 2 aromatic carbocycles. The van der Waals surface area contributed by atoms with E-state index in [1.807, 2.05) is 13.0 Å². The quantitative estimate of drug-likeness (QED) is 0.821. The fourth-order valence-electron chi connectivity index (χ4n) is 1.91. The largest absolute Gasteiger partial charge is 0.496 e. The summed E-state index contributed by atoms with van der Waals surface area (Å²) < 4.78 is 23.0. The van der Waals surface area contributed by atoms with Gasteiger partial charge in [0.2, 0.25) is 0 Å². The number of hydrogen-bond acceptors (Lipinski definition) is 4. The minimum atomic E-state index is -0.556. The average Bonchev–Trinajstić information content (AvgIpc) is 2.59. The number of amides is 2. The number of carbonyl (C=O) groups excluding carboxylic acids is 2. The average molecular weight is 332 g/mol. The summed E-state index contributed by atoms with van der Waals surface area (Å²) in [6.45, 7) is 1.52. The van der Waals surface area contributed by atoms with Gasteiger partial charge < -0.3 is 9.47 Å². The molecule has 0 aliphatic heterocycles. The molecule has 24 heavy (non-hydrogen) atoms. The van der Waals surface area contributed by atoms with E-state index in [9.17, 15) is 14.0 Å². The van der Waals surface area contributed by atoms with Gasteiger partial charge in [-0.3, -0.25) is 20.4 Å². The first-order valence-corrected chi connectivity index (χ1v) is 7.12. The number of ether oxygens (including phenoxy) is 2. The molecular formula is C17H17FN2O4. The highest BCUT2D eigenvalue weighted by Gasteiger charge is 2.13. The van der Waals surface area contributed by atoms with Crippen LogP contribution in [-0.4, -0.2) is 25.5 Å². The monoisotopic (exact) mass is 332 g/mol. The first kappa shape index (κ1) is 17.3. The summed E-state index contributed by atoms with van der Waals surface area (Å²) in [6.07, 6.45) is 0. The van der Waals surface area contributed by atoms with Crippen molar-refractivity contribution in [2.75, 3.05) is 13.7 Å². The standard InChI is InChI=1S/C17H17FN2O4/c1-11-3-8-15(23-2)14(9-11)17(22)20-19-16(21)10-24-13-6-4-12(18)5-7-13/h3-9H,10H2,1-2H3,(H,19,21)(H,20,22). The molecule has 0 spiro atoms. The summed E-state index contributed by atoms with van der Waals surface area (Å²) in [4.78, 5) is 23.8. The zero-order valence-corrected chi connectivity index (χ0v) is 13.3. The van der Waals surface area contributed by atoms with E-state index in [-0.39, 0.29) is 6.61 Å². The molecule has 0 fully saturated rings. The number of halogens is 1. The number of methoxy groups -OCH3 is 1. The lowest BCUT2D eigenvalue weighted by molar-refractivity contribution is -0.123. The Balaban J connectivity index is 1.86. The second-order valence-electron chi connectivity index (χ2n) is 4.95. The van der Waals surface area contributed by atoms with Gasteiger partial charge in [-0.05, 0) is 43.3 Å². The molecule has 0 heterocycles. The van der Waals surface area contributed by atoms with Crippen LogP contribution in [0.5, 0.6) is 11.5 Å². The lowest BCUT2D eigenvalue weighted by atomic mass is 10.1. The fraction of sp³-hybridized carbons (Fsp3) is 0.176. The summed E-state index contributed by atoms with van der Waals surface area (Å²) >= 11 is 0. The predicted octanol–water partition coefficient (Wildman–Crippen LogP) is 1.98. The van der Waals surface area contributed by atoms with Gasteiger partial charge in [-0.15, -0.1) is 0 Å². The van der Waals surface area contributed by atoms with Crippen LogP contribution in [0.25, 0.3) is 0 Å². The number of carbonyl (C=O) groups is 2. The van der Waals surface area contributed by atoms with Gasteiger partial charge in [-0.1, -0.05) is 11.6 Å². The van der Waals surface area contributed by atoms with E-state index in [0.29, 0.717) is 17.1 Å². The first-order valence-electron chi connectivity index (χ1n) is 7.12. The van der Waals surface area contributed by atoms with Crippen LogP contribution in [0.1, 0.15) is 15.9 Å². The number of aryl methyl sites for hydroxylation is 1. The highest BCUT2D eigenvalue weighted by Crippen LogP contribution is 2.19. The molecule has 0 radical (unpaired) electrons. The molecule has 0 saturated heterocycles. The number of hydrazine groups is 1. The highest BCUT2D eigenvalue weighted by molar-refractivity contribution is 5.98. The smallest absolute Gasteiger partial charge is 0.276 e. The van der Waals surface area contributed by atoms with Gasteiger partial charge in [0.1, 0.15) is 17.3 Å². The van der Waals surface area contributed by atoms with Crippen LogP contribution in [0.15, 0.2) is 42.5 Å². The molecule has 0 unspecified atom stereocenters. The number of rotatable bonds is 5. The SMILES string of the molecule is COc1ccc(C)cc1C(=O)NNC(=O)COc1ccc(F)cc1. The molecule has 2 rings (SSSR count). The minimum absolute atomic E-state index is 0.303. The second kappa shape index (κ2) is 7.96. The van der Waals surface area contributed by atoms with Gasteiger partial charge in [0.25, 0.3) is 11.8 Å². The lowest BCUT2D eigenvalue weighted by Gasteiger charge is -2.11. The van der Waals surface area contributed by atoms with E-state index in [1.165, 1.54) is 31.4 Å². The van der Waals surface area contributed by atoms with Gasteiger partial charge >= 0.3 is 0 Å². The maximum atomic E-state index is 12.8. The fourth-order valence-corrected chi connectivity index (χ4v) is 1.91. The predicted molar refractivity (Wildman–Crippen MR) is 85.2 cm³/mol. The van der Waals surface area contributed by atoms with Gasteiger partial charge in [0.05, 0.1) is 12.7 Å². The van der Waals surface area contributed by atoms with Crippen molar-refractivity contribution in [1.82, 2.24) is 10.9 Å². The van der Waals surface area contributed by atoms with E-state index < -0.39 is 17.6 Å². The van der Waals surface area contributed by atoms with E-state index in [2.05, 4.69) is 10.9 Å². The second-order valence-corrected chi connectivity index (χ2v) is 4.95. The topological polar surface area (TPSA) is 76.7 Å². The Kier molecular flexibility index (Phi) is 5.73. The van der Waals surface area contributed by atoms with Crippen molar-refractivity contribution in [2.24, 2.45) is 0 Å². The molecule has 6 nitrogen and oxygen atoms in total. The molecule has 2 aromatic rings. The third-order valence-electron chi connectivity index (χ3n) is 3.10. The number of hydrogen-bond donors (Lipinski definition) is 2. The summed E-state index contributed by atoms with van der Waals surface area (Å²) in [5.74, 6) is -0.718. The van der Waals surface area contributed by atoms with E-state index in [0.717, 1.165) is 5.56 Å². The Labute approximate surface area is 138 Å². The molecule has 0 saturated carbocycles. The van der Waals surface area contributed by atoms with Crippen molar-refractivity contribution in [3.63, 3.8) is 0 Å². The third-order valence-corrected chi connectivity index (χ3v) is 3.10. The number of benzene rings is 2. The summed E-state index contributed by atoms with van der Waals surface area (Å²) in [5.41, 5.74) is 5.71. The lowest BCUT2D eigenvalue weighted by Crippen LogP contribution is -2.43. The molecule has 0 aromatic heterocycles. The number of nitrogens with one attached hydrogen (secondary N) is 2. The molecule has 0 atom stereocenters. The van der Waals surface area contributed by atoms with Crippen molar-refractivity contribution in [3.8, 4) is 11.5 Å². The molecule has 0 aliphatic rings. The Morgan fingerprint density at radius 3 is 2.46 bits per heavy atom. The van der Waals surface area contributed by atoms with Gasteiger partial charge in [-0.2, -0.15) is 0 Å². The van der Waals surface area contributed by atoms with Crippen molar-refractivity contribution in [2.45, 2.75) is 6.92 Å². The molecule has 2 N–H and O–H groups in total. The van der Waals surface area contributed by atoms with E-state index >= 15 is 0 Å². The van der Waals surface area contributed by atoms with Crippen molar-refractivity contribution >= 4 is 11.8 Å². The molecule has 2 amide bonds. The Morgan fingerprint density at radius 1 is 1.08 bits per heavy atom. The molecule has 7 heteroatoms. The first-order chi connectivity index (χ1) is 11.5. The molecule has 0 aliphatic carbocycles. The van der Waals surface area contributed by atoms with Crippen LogP contribution < -0.4 is 20.3 Å². The van der Waals surface area contributed by atoms with Gasteiger partial charge in [-0.25, -0.2) is 4.39 Å². The highest BCUT2D eigenvalue weighted by atomic mass is 19.1. The van der Waals surface area contributed by atoms with E-state index in [1.54, 1.807) is 12.1 Å². The summed E-state index contributed by atoms with van der Waals surface area (Å²) in [6, 6.07) is 10.4.